The number of alkyl halides is 2. The molecule has 1 fully saturated rings. The standard InChI is InChI=1S/C23H29F3O/c1-2-3-4-17-5-7-18(8-6-17)19-9-11-20(12-10-19)23(25,26)27-22-15-13-21(24)14-16-22/h2,5,13-16,18-20H,1,3-4,6-12H2. The van der Waals surface area contributed by atoms with Crippen LogP contribution in [0.1, 0.15) is 57.8 Å². The van der Waals surface area contributed by atoms with Crippen molar-refractivity contribution in [2.45, 2.75) is 63.9 Å². The van der Waals surface area contributed by atoms with E-state index in [4.69, 9.17) is 4.74 Å². The molecular formula is C23H29F3O. The second kappa shape index (κ2) is 8.99. The lowest BCUT2D eigenvalue weighted by Crippen LogP contribution is -2.38. The highest BCUT2D eigenvalue weighted by Crippen LogP contribution is 2.44. The van der Waals surface area contributed by atoms with Crippen LogP contribution in [0.4, 0.5) is 13.2 Å². The second-order valence-corrected chi connectivity index (χ2v) is 7.95. The Morgan fingerprint density at radius 1 is 1.04 bits per heavy atom. The number of hydrogen-bond acceptors (Lipinski definition) is 1. The Bertz CT molecular complexity index is 642. The molecule has 0 aromatic heterocycles. The third-order valence-corrected chi connectivity index (χ3v) is 6.20. The fraction of sp³-hybridized carbons (Fsp3) is 0.565. The minimum Gasteiger partial charge on any atom is -0.432 e. The zero-order chi connectivity index (χ0) is 19.3. The Kier molecular flexibility index (Phi) is 6.67. The molecule has 2 aliphatic rings. The molecule has 0 aliphatic heterocycles. The van der Waals surface area contributed by atoms with Gasteiger partial charge in [-0.1, -0.05) is 17.7 Å². The Morgan fingerprint density at radius 2 is 1.74 bits per heavy atom. The Balaban J connectivity index is 1.49. The van der Waals surface area contributed by atoms with E-state index < -0.39 is 17.8 Å². The minimum atomic E-state index is -3.20. The van der Waals surface area contributed by atoms with E-state index in [1.165, 1.54) is 24.1 Å². The van der Waals surface area contributed by atoms with Gasteiger partial charge in [-0.2, -0.15) is 8.78 Å². The Morgan fingerprint density at radius 3 is 2.33 bits per heavy atom. The second-order valence-electron chi connectivity index (χ2n) is 7.95. The summed E-state index contributed by atoms with van der Waals surface area (Å²) in [6.07, 6.45) is 9.34. The van der Waals surface area contributed by atoms with Gasteiger partial charge in [-0.3, -0.25) is 0 Å². The third-order valence-electron chi connectivity index (χ3n) is 6.20. The topological polar surface area (TPSA) is 9.23 Å². The van der Waals surface area contributed by atoms with Crippen molar-refractivity contribution in [2.24, 2.45) is 17.8 Å². The lowest BCUT2D eigenvalue weighted by atomic mass is 9.71. The summed E-state index contributed by atoms with van der Waals surface area (Å²) in [6, 6.07) is 4.80. The summed E-state index contributed by atoms with van der Waals surface area (Å²) >= 11 is 0. The molecule has 1 atom stereocenters. The first-order valence-corrected chi connectivity index (χ1v) is 10.1. The van der Waals surface area contributed by atoms with Crippen molar-refractivity contribution in [2.75, 3.05) is 0 Å². The molecule has 0 amide bonds. The quantitative estimate of drug-likeness (QED) is 0.452. The lowest BCUT2D eigenvalue weighted by molar-refractivity contribution is -0.224. The zero-order valence-electron chi connectivity index (χ0n) is 15.8. The summed E-state index contributed by atoms with van der Waals surface area (Å²) in [7, 11) is 0. The van der Waals surface area contributed by atoms with E-state index >= 15 is 0 Å². The number of hydrogen-bond donors (Lipinski definition) is 0. The fourth-order valence-corrected chi connectivity index (χ4v) is 4.52. The number of benzene rings is 1. The van der Waals surface area contributed by atoms with E-state index in [0.717, 1.165) is 50.7 Å². The molecule has 27 heavy (non-hydrogen) atoms. The van der Waals surface area contributed by atoms with Gasteiger partial charge in [0.1, 0.15) is 11.6 Å². The third kappa shape index (κ3) is 5.40. The monoisotopic (exact) mass is 378 g/mol. The van der Waals surface area contributed by atoms with Crippen LogP contribution in [-0.4, -0.2) is 6.11 Å². The maximum absolute atomic E-state index is 14.5. The summed E-state index contributed by atoms with van der Waals surface area (Å²) in [5.74, 6) is -0.0282. The molecule has 0 N–H and O–H groups in total. The van der Waals surface area contributed by atoms with Crippen LogP contribution < -0.4 is 4.74 Å². The molecule has 0 saturated heterocycles. The molecule has 148 valence electrons. The van der Waals surface area contributed by atoms with Crippen LogP contribution in [0, 0.1) is 23.6 Å². The summed E-state index contributed by atoms with van der Waals surface area (Å²) in [5.41, 5.74) is 1.53. The predicted molar refractivity (Wildman–Crippen MR) is 102 cm³/mol. The van der Waals surface area contributed by atoms with E-state index in [9.17, 15) is 13.2 Å². The first-order valence-electron chi connectivity index (χ1n) is 10.1. The van der Waals surface area contributed by atoms with E-state index in [1.807, 2.05) is 6.08 Å². The van der Waals surface area contributed by atoms with Gasteiger partial charge in [-0.15, -0.1) is 6.58 Å². The van der Waals surface area contributed by atoms with Crippen LogP contribution in [0.3, 0.4) is 0 Å². The average Bonchev–Trinajstić information content (AvgIpc) is 2.68. The fourth-order valence-electron chi connectivity index (χ4n) is 4.52. The van der Waals surface area contributed by atoms with Crippen molar-refractivity contribution in [3.63, 3.8) is 0 Å². The van der Waals surface area contributed by atoms with Crippen molar-refractivity contribution in [1.29, 1.82) is 0 Å². The first-order chi connectivity index (χ1) is 13.0. The first kappa shape index (κ1) is 20.0. The molecule has 1 saturated carbocycles. The normalized spacial score (nSPS) is 26.3. The van der Waals surface area contributed by atoms with Crippen LogP contribution in [0.15, 0.2) is 48.6 Å². The van der Waals surface area contributed by atoms with Gasteiger partial charge in [0.25, 0.3) is 0 Å². The van der Waals surface area contributed by atoms with Gasteiger partial charge < -0.3 is 4.74 Å². The van der Waals surface area contributed by atoms with Crippen LogP contribution >= 0.6 is 0 Å². The zero-order valence-corrected chi connectivity index (χ0v) is 15.8. The van der Waals surface area contributed by atoms with Gasteiger partial charge in [-0.25, -0.2) is 4.39 Å². The molecule has 3 rings (SSSR count). The van der Waals surface area contributed by atoms with Gasteiger partial charge >= 0.3 is 6.11 Å². The largest absolute Gasteiger partial charge is 0.432 e. The highest BCUT2D eigenvalue weighted by atomic mass is 19.3. The van der Waals surface area contributed by atoms with Crippen LogP contribution in [0.5, 0.6) is 5.75 Å². The van der Waals surface area contributed by atoms with E-state index in [1.54, 1.807) is 0 Å². The SMILES string of the molecule is C=CCCC1=CCC(C2CCC(C(F)(F)Oc3ccc(F)cc3)CC2)CC1. The maximum atomic E-state index is 14.5. The Labute approximate surface area is 160 Å². The minimum absolute atomic E-state index is 0.0213. The molecule has 0 spiro atoms. The number of rotatable bonds is 7. The molecule has 2 aliphatic carbocycles. The molecule has 0 heterocycles. The van der Waals surface area contributed by atoms with Crippen molar-refractivity contribution in [3.05, 3.63) is 54.4 Å². The summed E-state index contributed by atoms with van der Waals surface area (Å²) in [4.78, 5) is 0. The highest BCUT2D eigenvalue weighted by molar-refractivity contribution is 5.22. The van der Waals surface area contributed by atoms with Gasteiger partial charge in [0.15, 0.2) is 0 Å². The number of ether oxygens (including phenoxy) is 1. The van der Waals surface area contributed by atoms with Gasteiger partial charge in [0.05, 0.1) is 5.92 Å². The summed E-state index contributed by atoms with van der Waals surface area (Å²) in [6.45, 7) is 3.78. The molecule has 1 aromatic rings. The molecule has 4 heteroatoms. The molecular weight excluding hydrogens is 349 g/mol. The van der Waals surface area contributed by atoms with Crippen molar-refractivity contribution < 1.29 is 17.9 Å². The van der Waals surface area contributed by atoms with E-state index in [0.29, 0.717) is 24.7 Å². The molecule has 1 aromatic carbocycles. The molecule has 0 radical (unpaired) electrons. The maximum Gasteiger partial charge on any atom is 0.400 e. The summed E-state index contributed by atoms with van der Waals surface area (Å²) < 4.78 is 46.8. The van der Waals surface area contributed by atoms with Gasteiger partial charge in [0, 0.05) is 0 Å². The highest BCUT2D eigenvalue weighted by Gasteiger charge is 2.44. The van der Waals surface area contributed by atoms with Crippen LogP contribution in [0.25, 0.3) is 0 Å². The van der Waals surface area contributed by atoms with Crippen LogP contribution in [-0.2, 0) is 0 Å². The Hall–Kier alpha value is -1.71. The number of allylic oxidation sites excluding steroid dienone is 3. The molecule has 1 nitrogen and oxygen atoms in total. The van der Waals surface area contributed by atoms with E-state index in [2.05, 4.69) is 12.7 Å². The van der Waals surface area contributed by atoms with Crippen molar-refractivity contribution in [1.82, 2.24) is 0 Å². The number of halogens is 3. The van der Waals surface area contributed by atoms with Crippen LogP contribution in [0.2, 0.25) is 0 Å². The van der Waals surface area contributed by atoms with Gasteiger partial charge in [-0.05, 0) is 93.9 Å². The molecule has 0 bridgehead atoms. The van der Waals surface area contributed by atoms with E-state index in [-0.39, 0.29) is 5.75 Å². The average molecular weight is 378 g/mol. The summed E-state index contributed by atoms with van der Waals surface area (Å²) in [5, 5.41) is 0. The van der Waals surface area contributed by atoms with Crippen molar-refractivity contribution in [3.8, 4) is 5.75 Å². The van der Waals surface area contributed by atoms with Crippen molar-refractivity contribution >= 4 is 0 Å². The molecule has 1 unspecified atom stereocenters. The smallest absolute Gasteiger partial charge is 0.400 e. The predicted octanol–water partition coefficient (Wildman–Crippen LogP) is 7.30. The lowest BCUT2D eigenvalue weighted by Gasteiger charge is -2.37. The van der Waals surface area contributed by atoms with Gasteiger partial charge in [0.2, 0.25) is 0 Å².